The number of aliphatic hydroxyl groups is 4. The van der Waals surface area contributed by atoms with E-state index in [-0.39, 0.29) is 43.5 Å². The van der Waals surface area contributed by atoms with Crippen LogP contribution >= 0.6 is 0 Å². The van der Waals surface area contributed by atoms with Crippen molar-refractivity contribution in [3.8, 4) is 0 Å². The van der Waals surface area contributed by atoms with Gasteiger partial charge in [-0.3, -0.25) is 14.9 Å². The number of carbonyl (C=O) groups excluding carboxylic acids is 3. The van der Waals surface area contributed by atoms with Crippen molar-refractivity contribution in [1.29, 1.82) is 0 Å². The molecule has 4 saturated carbocycles. The first kappa shape index (κ1) is 40.0. The largest absolute Gasteiger partial charge is 0.469 e. The Morgan fingerprint density at radius 2 is 1.83 bits per heavy atom. The molecule has 4 aliphatic carbocycles. The van der Waals surface area contributed by atoms with E-state index in [1.807, 2.05) is 33.8 Å². The summed E-state index contributed by atoms with van der Waals surface area (Å²) in [6, 6.07) is 2.30. The molecule has 3 spiro atoms. The van der Waals surface area contributed by atoms with Crippen LogP contribution in [0.5, 0.6) is 0 Å². The highest BCUT2D eigenvalue weighted by atomic mass is 16.7. The molecule has 1 aromatic heterocycles. The van der Waals surface area contributed by atoms with Gasteiger partial charge in [0.2, 0.25) is 0 Å². The molecule has 18 atom stereocenters. The third-order valence-corrected chi connectivity index (χ3v) is 19.0. The number of ketones is 1. The van der Waals surface area contributed by atoms with E-state index in [0.29, 0.717) is 67.7 Å². The molecule has 1 aromatic rings. The van der Waals surface area contributed by atoms with E-state index in [1.165, 1.54) is 0 Å². The van der Waals surface area contributed by atoms with E-state index >= 15 is 4.79 Å². The minimum Gasteiger partial charge on any atom is -0.469 e. The van der Waals surface area contributed by atoms with Crippen molar-refractivity contribution < 1.29 is 58.2 Å². The maximum absolute atomic E-state index is 15.1. The molecule has 328 valence electrons. The van der Waals surface area contributed by atoms with E-state index < -0.39 is 87.0 Å². The lowest BCUT2D eigenvalue weighted by molar-refractivity contribution is -0.264. The minimum absolute atomic E-state index is 0.0466. The lowest BCUT2D eigenvalue weighted by atomic mass is 9.35. The summed E-state index contributed by atoms with van der Waals surface area (Å²) in [5, 5.41) is 48.2. The highest BCUT2D eigenvalue weighted by molar-refractivity contribution is 5.92. The number of Topliss-reactive ketones (excluding diaryl/α,β-unsaturated/α-hetero) is 1. The number of epoxide rings is 1. The summed E-state index contributed by atoms with van der Waals surface area (Å²) in [6.07, 6.45) is 6.71. The zero-order valence-electron chi connectivity index (χ0n) is 35.2. The Hall–Kier alpha value is -2.85. The van der Waals surface area contributed by atoms with E-state index in [4.69, 9.17) is 23.4 Å². The summed E-state index contributed by atoms with van der Waals surface area (Å²) in [4.78, 5) is 45.7. The van der Waals surface area contributed by atoms with Gasteiger partial charge in [0.15, 0.2) is 11.9 Å². The fourth-order valence-corrected chi connectivity index (χ4v) is 16.5. The second-order valence-corrected chi connectivity index (χ2v) is 21.7. The molecule has 0 bridgehead atoms. The van der Waals surface area contributed by atoms with Gasteiger partial charge < -0.3 is 48.7 Å². The zero-order valence-corrected chi connectivity index (χ0v) is 35.2. The smallest absolute Gasteiger partial charge is 0.339 e. The Morgan fingerprint density at radius 3 is 2.60 bits per heavy atom. The van der Waals surface area contributed by atoms with Crippen molar-refractivity contribution in [2.24, 2.45) is 63.1 Å². The molecule has 6 aliphatic heterocycles. The summed E-state index contributed by atoms with van der Waals surface area (Å²) >= 11 is 0. The molecule has 14 heteroatoms. The van der Waals surface area contributed by atoms with Crippen molar-refractivity contribution in [1.82, 2.24) is 10.2 Å². The third kappa shape index (κ3) is 4.77. The lowest BCUT2D eigenvalue weighted by Gasteiger charge is -2.67. The van der Waals surface area contributed by atoms with E-state index in [2.05, 4.69) is 22.5 Å². The van der Waals surface area contributed by atoms with Gasteiger partial charge in [0.1, 0.15) is 30.2 Å². The number of esters is 2. The summed E-state index contributed by atoms with van der Waals surface area (Å²) in [7, 11) is 0. The summed E-state index contributed by atoms with van der Waals surface area (Å²) < 4.78 is 32.6. The van der Waals surface area contributed by atoms with E-state index in [1.54, 1.807) is 6.26 Å². The number of furan rings is 1. The number of fused-ring (bicyclic) bond motifs is 5. The van der Waals surface area contributed by atoms with Gasteiger partial charge in [-0.25, -0.2) is 4.79 Å². The van der Waals surface area contributed by atoms with E-state index in [0.717, 1.165) is 32.5 Å². The number of ether oxygens (including phenoxy) is 4. The first-order chi connectivity index (χ1) is 28.6. The summed E-state index contributed by atoms with van der Waals surface area (Å²) in [5.74, 6) is -1.35. The molecule has 11 rings (SSSR count). The van der Waals surface area contributed by atoms with Gasteiger partial charge in [0.05, 0.1) is 48.7 Å². The summed E-state index contributed by atoms with van der Waals surface area (Å²) in [6.45, 7) is 9.02. The van der Waals surface area contributed by atoms with E-state index in [9.17, 15) is 30.0 Å². The average Bonchev–Trinajstić information content (AvgIpc) is 3.61. The van der Waals surface area contributed by atoms with Crippen LogP contribution in [0.1, 0.15) is 96.5 Å². The van der Waals surface area contributed by atoms with Gasteiger partial charge in [0, 0.05) is 47.4 Å². The predicted molar refractivity (Wildman–Crippen MR) is 210 cm³/mol. The number of rotatable bonds is 7. The number of cyclic esters (lactones) is 2. The monoisotopic (exact) mass is 834 g/mol. The van der Waals surface area contributed by atoms with Crippen molar-refractivity contribution in [3.63, 3.8) is 0 Å². The first-order valence-corrected chi connectivity index (χ1v) is 22.7. The molecule has 10 aliphatic rings. The fraction of sp³-hybridized carbons (Fsp3) is 0.804. The summed E-state index contributed by atoms with van der Waals surface area (Å²) in [5.41, 5.74) is -5.99. The van der Waals surface area contributed by atoms with Gasteiger partial charge in [-0.1, -0.05) is 19.9 Å². The number of nitrogens with zero attached hydrogens (tertiary/aromatic N) is 1. The molecular weight excluding hydrogens is 773 g/mol. The van der Waals surface area contributed by atoms with Crippen LogP contribution in [-0.2, 0) is 39.8 Å². The maximum Gasteiger partial charge on any atom is 0.339 e. The first-order valence-electron chi connectivity index (χ1n) is 22.7. The molecule has 5 N–H and O–H groups in total. The number of hydrogen-bond donors (Lipinski definition) is 5. The number of allylic oxidation sites excluding steroid dienone is 1. The Balaban J connectivity index is 0.949. The van der Waals surface area contributed by atoms with Crippen molar-refractivity contribution in [2.45, 2.75) is 133 Å². The van der Waals surface area contributed by atoms with Gasteiger partial charge >= 0.3 is 11.9 Å². The van der Waals surface area contributed by atoms with Crippen LogP contribution in [0.25, 0.3) is 0 Å². The molecular formula is C46H62N2O12. The lowest BCUT2D eigenvalue weighted by Crippen LogP contribution is -2.77. The quantitative estimate of drug-likeness (QED) is 0.198. The van der Waals surface area contributed by atoms with Crippen molar-refractivity contribution >= 4 is 17.7 Å². The van der Waals surface area contributed by atoms with Crippen LogP contribution in [0.15, 0.2) is 29.0 Å². The zero-order chi connectivity index (χ0) is 41.9. The molecule has 14 nitrogen and oxygen atoms in total. The third-order valence-electron chi connectivity index (χ3n) is 19.0. The Bertz CT molecular complexity index is 2000. The SMILES string of the molecule is CC1(C)OC2C3(CCC(CO)C3)C(=O)OCC23C1C(=O)C(O)C1(C)C3CCC2(C)C(c3ccoc3CC(C(O)CO)C3CCC4C(C=CN5CNCC45)C3)OC(=O)C3OC321. The van der Waals surface area contributed by atoms with Crippen LogP contribution in [-0.4, -0.2) is 118 Å². The Morgan fingerprint density at radius 1 is 1.02 bits per heavy atom. The minimum atomic E-state index is -1.51. The maximum atomic E-state index is 15.1. The average molecular weight is 835 g/mol. The Labute approximate surface area is 350 Å². The number of nitrogens with one attached hydrogen (secondary N) is 1. The molecule has 7 heterocycles. The van der Waals surface area contributed by atoms with Crippen LogP contribution in [0, 0.1) is 63.1 Å². The molecule has 9 fully saturated rings. The van der Waals surface area contributed by atoms with Gasteiger partial charge in [-0.05, 0) is 113 Å². The Kier molecular flexibility index (Phi) is 8.73. The van der Waals surface area contributed by atoms with Crippen molar-refractivity contribution in [2.75, 3.05) is 33.0 Å². The predicted octanol–water partition coefficient (Wildman–Crippen LogP) is 2.80. The molecule has 0 aromatic carbocycles. The second-order valence-electron chi connectivity index (χ2n) is 21.7. The molecule has 18 unspecified atom stereocenters. The fourth-order valence-electron chi connectivity index (χ4n) is 16.5. The van der Waals surface area contributed by atoms with Gasteiger partial charge in [-0.15, -0.1) is 0 Å². The molecule has 60 heavy (non-hydrogen) atoms. The second kappa shape index (κ2) is 13.1. The van der Waals surface area contributed by atoms with Crippen LogP contribution in [0.4, 0.5) is 0 Å². The topological polar surface area (TPSA) is 201 Å². The standard InChI is InChI=1S/C46H62N2O12/c1-41(2)34-33(52)35(53)43(4)32(45(34)21-57-40(55)44(39(45)60-41)12-7-23(17-44)19-49)8-11-42(3)36(58-38(54)37-46(42,43)59-37)27-10-14-56-31(27)16-28(30(51)20-50)24-5-6-26-25(15-24)9-13-48-22-47-18-29(26)48/h9-10,13-14,23-26,28-30,32,34-37,39,47,49-51,53H,5-8,11-12,15-22H2,1-4H3. The number of hydrogen-bond acceptors (Lipinski definition) is 14. The number of carbonyl (C=O) groups is 3. The highest BCUT2D eigenvalue weighted by Crippen LogP contribution is 2.81. The van der Waals surface area contributed by atoms with Crippen LogP contribution in [0.2, 0.25) is 0 Å². The van der Waals surface area contributed by atoms with Gasteiger partial charge in [-0.2, -0.15) is 0 Å². The molecule has 0 radical (unpaired) electrons. The van der Waals surface area contributed by atoms with Gasteiger partial charge in [0.25, 0.3) is 0 Å². The number of aliphatic hydroxyl groups excluding tert-OH is 4. The highest BCUT2D eigenvalue weighted by Gasteiger charge is 2.91. The molecule has 5 saturated heterocycles. The molecule has 0 amide bonds. The van der Waals surface area contributed by atoms with Crippen molar-refractivity contribution in [3.05, 3.63) is 35.9 Å². The normalized spacial score (nSPS) is 50.4. The van der Waals surface area contributed by atoms with Crippen LogP contribution < -0.4 is 5.32 Å². The van der Waals surface area contributed by atoms with Crippen LogP contribution in [0.3, 0.4) is 0 Å².